The van der Waals surface area contributed by atoms with Crippen molar-refractivity contribution in [1.29, 1.82) is 0 Å². The molecule has 0 spiro atoms. The Morgan fingerprint density at radius 2 is 2.47 bits per heavy atom. The van der Waals surface area contributed by atoms with Crippen LogP contribution in [0.3, 0.4) is 0 Å². The van der Waals surface area contributed by atoms with E-state index in [4.69, 9.17) is 9.26 Å². The molecule has 0 bridgehead atoms. The summed E-state index contributed by atoms with van der Waals surface area (Å²) in [4.78, 5) is 13.9. The van der Waals surface area contributed by atoms with E-state index in [1.165, 1.54) is 0 Å². The van der Waals surface area contributed by atoms with Crippen molar-refractivity contribution in [3.8, 4) is 0 Å². The van der Waals surface area contributed by atoms with E-state index in [0.717, 1.165) is 26.2 Å². The number of carbonyl (C=O) groups excluding carboxylic acids is 1. The molecule has 0 aliphatic carbocycles. The molecule has 2 heterocycles. The Balaban J connectivity index is 1.99. The van der Waals surface area contributed by atoms with Gasteiger partial charge in [0, 0.05) is 31.7 Å². The van der Waals surface area contributed by atoms with Crippen molar-refractivity contribution < 1.29 is 14.1 Å². The summed E-state index contributed by atoms with van der Waals surface area (Å²) < 4.78 is 10.2. The normalized spacial score (nSPS) is 19.5. The Morgan fingerprint density at radius 3 is 3.00 bits per heavy atom. The predicted octanol–water partition coefficient (Wildman–Crippen LogP) is 1.48. The molecule has 5 heteroatoms. The number of rotatable bonds is 4. The van der Waals surface area contributed by atoms with E-state index in [9.17, 15) is 4.79 Å². The van der Waals surface area contributed by atoms with Crippen LogP contribution in [0.15, 0.2) is 10.6 Å². The first-order chi connectivity index (χ1) is 8.20. The second-order valence-corrected chi connectivity index (χ2v) is 4.40. The van der Waals surface area contributed by atoms with Gasteiger partial charge in [0.1, 0.15) is 5.76 Å². The summed E-state index contributed by atoms with van der Waals surface area (Å²) in [6, 6.07) is 1.68. The van der Waals surface area contributed by atoms with Gasteiger partial charge in [0.05, 0.1) is 6.61 Å². The fourth-order valence-electron chi connectivity index (χ4n) is 2.02. The molecule has 0 saturated carbocycles. The Kier molecular flexibility index (Phi) is 3.78. The molecule has 1 atom stereocenters. The third-order valence-electron chi connectivity index (χ3n) is 3.02. The first-order valence-corrected chi connectivity index (χ1v) is 6.01. The minimum atomic E-state index is -0.0590. The van der Waals surface area contributed by atoms with E-state index in [-0.39, 0.29) is 5.91 Å². The fourth-order valence-corrected chi connectivity index (χ4v) is 2.02. The van der Waals surface area contributed by atoms with Crippen LogP contribution < -0.4 is 0 Å². The molecule has 1 saturated heterocycles. The highest BCUT2D eigenvalue weighted by Crippen LogP contribution is 2.15. The van der Waals surface area contributed by atoms with Gasteiger partial charge in [-0.05, 0) is 20.3 Å². The SMILES string of the molecule is CCN(C[C@@H]1CCOC1)C(=O)c1cc(C)on1. The first kappa shape index (κ1) is 12.1. The lowest BCUT2D eigenvalue weighted by Crippen LogP contribution is -2.35. The van der Waals surface area contributed by atoms with Gasteiger partial charge in [-0.2, -0.15) is 0 Å². The van der Waals surface area contributed by atoms with Crippen LogP contribution in [0.4, 0.5) is 0 Å². The molecule has 94 valence electrons. The number of hydrogen-bond donors (Lipinski definition) is 0. The van der Waals surface area contributed by atoms with Crippen LogP contribution in [0.2, 0.25) is 0 Å². The summed E-state index contributed by atoms with van der Waals surface area (Å²) in [6.45, 7) is 6.73. The smallest absolute Gasteiger partial charge is 0.276 e. The van der Waals surface area contributed by atoms with Crippen LogP contribution in [0.5, 0.6) is 0 Å². The topological polar surface area (TPSA) is 55.6 Å². The van der Waals surface area contributed by atoms with Crippen LogP contribution in [-0.4, -0.2) is 42.3 Å². The summed E-state index contributed by atoms with van der Waals surface area (Å²) in [7, 11) is 0. The average molecular weight is 238 g/mol. The van der Waals surface area contributed by atoms with Gasteiger partial charge in [-0.25, -0.2) is 0 Å². The first-order valence-electron chi connectivity index (χ1n) is 6.01. The zero-order valence-electron chi connectivity index (χ0n) is 10.3. The minimum absolute atomic E-state index is 0.0590. The average Bonchev–Trinajstić information content (AvgIpc) is 2.96. The van der Waals surface area contributed by atoms with Crippen molar-refractivity contribution in [1.82, 2.24) is 10.1 Å². The summed E-state index contributed by atoms with van der Waals surface area (Å²) in [5, 5.41) is 3.76. The lowest BCUT2D eigenvalue weighted by Gasteiger charge is -2.22. The maximum atomic E-state index is 12.1. The molecular weight excluding hydrogens is 220 g/mol. The van der Waals surface area contributed by atoms with Gasteiger partial charge >= 0.3 is 0 Å². The molecule has 17 heavy (non-hydrogen) atoms. The molecule has 2 rings (SSSR count). The van der Waals surface area contributed by atoms with Gasteiger partial charge in [0.25, 0.3) is 5.91 Å². The number of aromatic nitrogens is 1. The van der Waals surface area contributed by atoms with Crippen LogP contribution >= 0.6 is 0 Å². The lowest BCUT2D eigenvalue weighted by atomic mass is 10.1. The van der Waals surface area contributed by atoms with E-state index in [1.807, 2.05) is 6.92 Å². The Hall–Kier alpha value is -1.36. The molecular formula is C12H18N2O3. The Bertz CT molecular complexity index is 383. The summed E-state index contributed by atoms with van der Waals surface area (Å²) in [6.07, 6.45) is 1.03. The van der Waals surface area contributed by atoms with Crippen LogP contribution in [0.25, 0.3) is 0 Å². The number of carbonyl (C=O) groups is 1. The largest absolute Gasteiger partial charge is 0.381 e. The van der Waals surface area contributed by atoms with Crippen molar-refractivity contribution in [2.45, 2.75) is 20.3 Å². The van der Waals surface area contributed by atoms with E-state index >= 15 is 0 Å². The van der Waals surface area contributed by atoms with Crippen molar-refractivity contribution in [3.63, 3.8) is 0 Å². The Labute approximate surface area is 101 Å². The van der Waals surface area contributed by atoms with Crippen molar-refractivity contribution in [3.05, 3.63) is 17.5 Å². The second kappa shape index (κ2) is 5.31. The minimum Gasteiger partial charge on any atom is -0.381 e. The zero-order valence-corrected chi connectivity index (χ0v) is 10.3. The predicted molar refractivity (Wildman–Crippen MR) is 61.7 cm³/mol. The lowest BCUT2D eigenvalue weighted by molar-refractivity contribution is 0.0720. The highest BCUT2D eigenvalue weighted by molar-refractivity contribution is 5.92. The maximum absolute atomic E-state index is 12.1. The molecule has 5 nitrogen and oxygen atoms in total. The zero-order chi connectivity index (χ0) is 12.3. The van der Waals surface area contributed by atoms with E-state index in [2.05, 4.69) is 5.16 Å². The molecule has 1 aromatic rings. The monoisotopic (exact) mass is 238 g/mol. The second-order valence-electron chi connectivity index (χ2n) is 4.40. The van der Waals surface area contributed by atoms with Gasteiger partial charge in [0.2, 0.25) is 0 Å². The molecule has 0 aromatic carbocycles. The number of hydrogen-bond acceptors (Lipinski definition) is 4. The molecule has 0 radical (unpaired) electrons. The highest BCUT2D eigenvalue weighted by Gasteiger charge is 2.23. The molecule has 1 aromatic heterocycles. The molecule has 0 N–H and O–H groups in total. The number of aryl methyl sites for hydroxylation is 1. The summed E-state index contributed by atoms with van der Waals surface area (Å²) in [5.41, 5.74) is 0.392. The van der Waals surface area contributed by atoms with Gasteiger partial charge in [0.15, 0.2) is 5.69 Å². The summed E-state index contributed by atoms with van der Waals surface area (Å²) in [5.74, 6) is 1.05. The third-order valence-corrected chi connectivity index (χ3v) is 3.02. The van der Waals surface area contributed by atoms with Crippen molar-refractivity contribution >= 4 is 5.91 Å². The van der Waals surface area contributed by atoms with Crippen LogP contribution in [-0.2, 0) is 4.74 Å². The van der Waals surface area contributed by atoms with E-state index in [1.54, 1.807) is 17.9 Å². The molecule has 1 aliphatic heterocycles. The quantitative estimate of drug-likeness (QED) is 0.797. The van der Waals surface area contributed by atoms with Gasteiger partial charge < -0.3 is 14.2 Å². The van der Waals surface area contributed by atoms with Gasteiger partial charge in [-0.3, -0.25) is 4.79 Å². The van der Waals surface area contributed by atoms with E-state index < -0.39 is 0 Å². The van der Waals surface area contributed by atoms with E-state index in [0.29, 0.717) is 23.9 Å². The van der Waals surface area contributed by atoms with Gasteiger partial charge in [-0.15, -0.1) is 0 Å². The molecule has 1 amide bonds. The maximum Gasteiger partial charge on any atom is 0.276 e. The van der Waals surface area contributed by atoms with Crippen LogP contribution in [0.1, 0.15) is 29.6 Å². The molecule has 1 fully saturated rings. The molecule has 0 unspecified atom stereocenters. The third kappa shape index (κ3) is 2.85. The fraction of sp³-hybridized carbons (Fsp3) is 0.667. The van der Waals surface area contributed by atoms with Crippen LogP contribution in [0, 0.1) is 12.8 Å². The standard InChI is InChI=1S/C12H18N2O3/c1-3-14(7-10-4-5-16-8-10)12(15)11-6-9(2)17-13-11/h6,10H,3-5,7-8H2,1-2H3/t10-/m0/s1. The highest BCUT2D eigenvalue weighted by atomic mass is 16.5. The number of ether oxygens (including phenoxy) is 1. The number of amides is 1. The number of nitrogens with zero attached hydrogens (tertiary/aromatic N) is 2. The summed E-state index contributed by atoms with van der Waals surface area (Å²) >= 11 is 0. The van der Waals surface area contributed by atoms with Crippen molar-refractivity contribution in [2.75, 3.05) is 26.3 Å². The van der Waals surface area contributed by atoms with Crippen molar-refractivity contribution in [2.24, 2.45) is 5.92 Å². The Morgan fingerprint density at radius 1 is 1.65 bits per heavy atom. The van der Waals surface area contributed by atoms with Gasteiger partial charge in [-0.1, -0.05) is 5.16 Å². The molecule has 1 aliphatic rings.